The molecule has 13 heteroatoms. The first-order valence-corrected chi connectivity index (χ1v) is 22.0. The molecule has 3 aromatic heterocycles. The molecular formula is C46H54N8O4S. The maximum atomic E-state index is 13.6. The Bertz CT molecular complexity index is 2420. The lowest BCUT2D eigenvalue weighted by atomic mass is 9.39. The molecule has 5 heterocycles. The Kier molecular flexibility index (Phi) is 9.28. The summed E-state index contributed by atoms with van der Waals surface area (Å²) in [5, 5.41) is 22.5. The molecule has 11 rings (SSSR count). The Morgan fingerprint density at radius 1 is 1.00 bits per heavy atom. The number of hydrogen-bond acceptors (Lipinski definition) is 9. The number of ether oxygens (including phenoxy) is 1. The van der Waals surface area contributed by atoms with Crippen molar-refractivity contribution in [3.8, 4) is 22.4 Å². The number of carbonyl (C=O) groups is 2. The van der Waals surface area contributed by atoms with Gasteiger partial charge in [-0.2, -0.15) is 5.10 Å². The number of para-hydroxylation sites is 1. The second-order valence-corrected chi connectivity index (χ2v) is 20.3. The monoisotopic (exact) mass is 814 g/mol. The minimum absolute atomic E-state index is 0.0156. The Morgan fingerprint density at radius 2 is 1.80 bits per heavy atom. The molecule has 4 bridgehead atoms. The van der Waals surface area contributed by atoms with Crippen molar-refractivity contribution in [2.75, 3.05) is 50.1 Å². The van der Waals surface area contributed by atoms with Gasteiger partial charge in [0.25, 0.3) is 0 Å². The van der Waals surface area contributed by atoms with Crippen LogP contribution in [0.4, 0.5) is 15.6 Å². The number of aromatic carboxylic acids is 1. The Labute approximate surface area is 349 Å². The molecule has 5 aromatic rings. The normalized spacial score (nSPS) is 27.3. The first-order valence-electron chi connectivity index (χ1n) is 21.2. The van der Waals surface area contributed by atoms with E-state index in [1.54, 1.807) is 4.90 Å². The van der Waals surface area contributed by atoms with Gasteiger partial charge >= 0.3 is 12.0 Å². The number of aromatic nitrogens is 4. The van der Waals surface area contributed by atoms with Crippen molar-refractivity contribution in [3.63, 3.8) is 0 Å². The number of nitrogens with one attached hydrogen (secondary N) is 2. The van der Waals surface area contributed by atoms with Crippen molar-refractivity contribution in [1.82, 2.24) is 30.0 Å². The number of pyridine rings is 1. The van der Waals surface area contributed by atoms with Crippen LogP contribution in [0.2, 0.25) is 0 Å². The van der Waals surface area contributed by atoms with Crippen LogP contribution in [0.5, 0.6) is 0 Å². The van der Waals surface area contributed by atoms with Crippen LogP contribution < -0.4 is 15.5 Å². The molecule has 2 unspecified atom stereocenters. The van der Waals surface area contributed by atoms with Gasteiger partial charge in [0.2, 0.25) is 0 Å². The molecule has 0 spiro atoms. The van der Waals surface area contributed by atoms with E-state index in [0.717, 1.165) is 116 Å². The molecule has 1 saturated heterocycles. The summed E-state index contributed by atoms with van der Waals surface area (Å²) in [7, 11) is 2.21. The van der Waals surface area contributed by atoms with Gasteiger partial charge in [0.05, 0.1) is 34.3 Å². The van der Waals surface area contributed by atoms with E-state index in [1.165, 1.54) is 17.8 Å². The van der Waals surface area contributed by atoms with Crippen LogP contribution in [0.25, 0.3) is 32.6 Å². The van der Waals surface area contributed by atoms with Crippen LogP contribution in [-0.4, -0.2) is 93.2 Å². The van der Waals surface area contributed by atoms with Gasteiger partial charge in [-0.05, 0) is 117 Å². The molecule has 308 valence electrons. The van der Waals surface area contributed by atoms with E-state index in [0.29, 0.717) is 29.0 Å². The van der Waals surface area contributed by atoms with Crippen LogP contribution in [0, 0.1) is 23.2 Å². The summed E-state index contributed by atoms with van der Waals surface area (Å²) >= 11 is 1.45. The number of amides is 2. The van der Waals surface area contributed by atoms with Gasteiger partial charge in [-0.25, -0.2) is 19.6 Å². The van der Waals surface area contributed by atoms with Crippen molar-refractivity contribution in [1.29, 1.82) is 0 Å². The Balaban J connectivity index is 0.894. The number of carbonyl (C=O) groups excluding carboxylic acids is 1. The molecule has 6 aliphatic rings. The molecule has 2 aliphatic heterocycles. The van der Waals surface area contributed by atoms with Gasteiger partial charge in [-0.1, -0.05) is 49.4 Å². The maximum absolute atomic E-state index is 13.6. The van der Waals surface area contributed by atoms with E-state index >= 15 is 0 Å². The molecule has 2 atom stereocenters. The topological polar surface area (TPSA) is 138 Å². The standard InChI is InChI=1S/C46H54N8O4S/c1-29-34(21-48-54(29)28-45-23-43(2)22-44(3,24-45)26-46(25-43,27-45)58-17-16-52(4)32-19-47-20-32)33-13-14-35(49-39(33)40(55)56)31-12-11-30-8-7-15-53(37(30)18-31)42(57)51-41-50-36-9-5-6-10-38(36)59-41/h5-6,9-14,18,21,32,47H,7-8,15-17,19-20,22-28H2,1-4H3,(H,55,56)(H,50,51,57). The number of thiazole rings is 1. The highest BCUT2D eigenvalue weighted by Gasteiger charge is 2.66. The minimum Gasteiger partial charge on any atom is -0.476 e. The number of hydrogen-bond donors (Lipinski definition) is 3. The number of carboxylic acids is 1. The van der Waals surface area contributed by atoms with E-state index in [1.807, 2.05) is 60.8 Å². The number of anilines is 2. The fraction of sp³-hybridized carbons (Fsp3) is 0.500. The molecule has 5 fully saturated rings. The molecule has 4 saturated carbocycles. The number of rotatable bonds is 11. The summed E-state index contributed by atoms with van der Waals surface area (Å²) in [6, 6.07) is 17.9. The van der Waals surface area contributed by atoms with Gasteiger partial charge in [0, 0.05) is 66.8 Å². The summed E-state index contributed by atoms with van der Waals surface area (Å²) in [6.45, 7) is 12.2. The quantitative estimate of drug-likeness (QED) is 0.120. The number of fused-ring (bicyclic) bond motifs is 2. The third-order valence-corrected chi connectivity index (χ3v) is 15.1. The van der Waals surface area contributed by atoms with Crippen LogP contribution >= 0.6 is 11.3 Å². The average molecular weight is 815 g/mol. The van der Waals surface area contributed by atoms with Crippen molar-refractivity contribution in [2.24, 2.45) is 16.2 Å². The van der Waals surface area contributed by atoms with Gasteiger partial charge in [-0.15, -0.1) is 0 Å². The summed E-state index contributed by atoms with van der Waals surface area (Å²) in [6.07, 6.45) is 10.3. The molecule has 4 aliphatic carbocycles. The predicted molar refractivity (Wildman–Crippen MR) is 231 cm³/mol. The Morgan fingerprint density at radius 3 is 2.54 bits per heavy atom. The third-order valence-electron chi connectivity index (χ3n) is 14.1. The first-order chi connectivity index (χ1) is 28.3. The van der Waals surface area contributed by atoms with Crippen LogP contribution in [0.1, 0.15) is 80.5 Å². The van der Waals surface area contributed by atoms with E-state index < -0.39 is 5.97 Å². The highest BCUT2D eigenvalue weighted by Crippen LogP contribution is 2.72. The summed E-state index contributed by atoms with van der Waals surface area (Å²) < 4.78 is 10.1. The first kappa shape index (κ1) is 38.5. The third kappa shape index (κ3) is 7.03. The largest absolute Gasteiger partial charge is 0.476 e. The molecule has 12 nitrogen and oxygen atoms in total. The molecule has 2 aromatic carbocycles. The van der Waals surface area contributed by atoms with Gasteiger partial charge < -0.3 is 15.2 Å². The summed E-state index contributed by atoms with van der Waals surface area (Å²) in [5.41, 5.74) is 6.64. The van der Waals surface area contributed by atoms with Crippen molar-refractivity contribution in [2.45, 2.75) is 90.3 Å². The number of nitrogens with zero attached hydrogens (tertiary/aromatic N) is 6. The SMILES string of the molecule is Cc1c(-c2ccc(-c3ccc4c(c3)N(C(=O)Nc3nc5ccccc5s3)CCC4)nc2C(=O)O)cnn1CC12CC3(C)CC(C)(C1)CC(OCCN(C)C1CNC1)(C3)C2. The number of aryl methyl sites for hydroxylation is 1. The number of urea groups is 1. The Hall–Kier alpha value is -4.69. The maximum Gasteiger partial charge on any atom is 0.355 e. The molecular weight excluding hydrogens is 761 g/mol. The smallest absolute Gasteiger partial charge is 0.355 e. The zero-order valence-corrected chi connectivity index (χ0v) is 35.3. The minimum atomic E-state index is -1.09. The highest BCUT2D eigenvalue weighted by atomic mass is 32.1. The molecule has 3 N–H and O–H groups in total. The fourth-order valence-corrected chi connectivity index (χ4v) is 13.4. The second-order valence-electron chi connectivity index (χ2n) is 19.2. The van der Waals surface area contributed by atoms with E-state index in [2.05, 4.69) is 53.0 Å². The fourth-order valence-electron chi connectivity index (χ4n) is 12.5. The zero-order chi connectivity index (χ0) is 40.7. The van der Waals surface area contributed by atoms with Crippen LogP contribution in [0.3, 0.4) is 0 Å². The van der Waals surface area contributed by atoms with E-state index in [-0.39, 0.29) is 33.6 Å². The van der Waals surface area contributed by atoms with Gasteiger partial charge in [-0.3, -0.25) is 19.8 Å². The van der Waals surface area contributed by atoms with Crippen molar-refractivity contribution >= 4 is 44.4 Å². The lowest BCUT2D eigenvalue weighted by Crippen LogP contribution is -2.64. The molecule has 2 amide bonds. The zero-order valence-electron chi connectivity index (χ0n) is 34.5. The van der Waals surface area contributed by atoms with Crippen molar-refractivity contribution < 1.29 is 19.4 Å². The highest BCUT2D eigenvalue weighted by molar-refractivity contribution is 7.22. The molecule has 59 heavy (non-hydrogen) atoms. The van der Waals surface area contributed by atoms with Gasteiger partial charge in [0.15, 0.2) is 10.8 Å². The van der Waals surface area contributed by atoms with Crippen molar-refractivity contribution in [3.05, 3.63) is 77.7 Å². The summed E-state index contributed by atoms with van der Waals surface area (Å²) in [4.78, 5) is 40.1. The van der Waals surface area contributed by atoms with E-state index in [9.17, 15) is 14.7 Å². The molecule has 0 radical (unpaired) electrons. The van der Waals surface area contributed by atoms with Crippen LogP contribution in [0.15, 0.2) is 60.8 Å². The lowest BCUT2D eigenvalue weighted by molar-refractivity contribution is -0.249. The second kappa shape index (κ2) is 14.2. The number of carboxylic acid groups (broad SMARTS) is 1. The average Bonchev–Trinajstić information content (AvgIpc) is 3.73. The van der Waals surface area contributed by atoms with Crippen LogP contribution in [-0.2, 0) is 17.7 Å². The summed E-state index contributed by atoms with van der Waals surface area (Å²) in [5.74, 6) is -1.09. The predicted octanol–water partition coefficient (Wildman–Crippen LogP) is 8.25. The number of likely N-dealkylation sites (N-methyl/N-ethyl adjacent to an activating group) is 1. The number of benzene rings is 2. The van der Waals surface area contributed by atoms with Gasteiger partial charge in [0.1, 0.15) is 0 Å². The van der Waals surface area contributed by atoms with E-state index in [4.69, 9.17) is 14.8 Å². The lowest BCUT2D eigenvalue weighted by Gasteiger charge is -2.69.